The molecule has 0 amide bonds. The minimum Gasteiger partial charge on any atom is -0.440 e. The first-order valence-electron chi connectivity index (χ1n) is 5.23. The molecule has 0 saturated heterocycles. The molecule has 0 atom stereocenters. The van der Waals surface area contributed by atoms with Gasteiger partial charge in [0.15, 0.2) is 6.26 Å². The third-order valence-corrected chi connectivity index (χ3v) is 3.29. The van der Waals surface area contributed by atoms with Crippen molar-refractivity contribution in [3.63, 3.8) is 0 Å². The lowest BCUT2D eigenvalue weighted by molar-refractivity contribution is -0.0501. The standard InChI is InChI=1S/C11H8F3NO4S/c1-7-4-2-3-5-8(7)10-15-9(6-18-10)19-20(16,17)11(12,13)14/h2-6H,1H3. The molecule has 0 saturated carbocycles. The maximum atomic E-state index is 12.1. The Hall–Kier alpha value is -2.03. The molecule has 1 heterocycles. The van der Waals surface area contributed by atoms with Gasteiger partial charge in [-0.3, -0.25) is 0 Å². The van der Waals surface area contributed by atoms with Gasteiger partial charge in [-0.2, -0.15) is 26.6 Å². The highest BCUT2D eigenvalue weighted by atomic mass is 32.2. The zero-order valence-electron chi connectivity index (χ0n) is 10.0. The molecule has 0 aliphatic heterocycles. The molecule has 20 heavy (non-hydrogen) atoms. The Balaban J connectivity index is 2.30. The number of aromatic nitrogens is 1. The molecule has 2 rings (SSSR count). The highest BCUT2D eigenvalue weighted by molar-refractivity contribution is 7.87. The topological polar surface area (TPSA) is 69.4 Å². The molecular formula is C11H8F3NO4S. The summed E-state index contributed by atoms with van der Waals surface area (Å²) in [6.45, 7) is 1.74. The first kappa shape index (κ1) is 14.4. The average Bonchev–Trinajstić information content (AvgIpc) is 2.75. The van der Waals surface area contributed by atoms with Crippen LogP contribution in [0, 0.1) is 6.92 Å². The van der Waals surface area contributed by atoms with E-state index in [0.29, 0.717) is 11.8 Å². The number of oxazole rings is 1. The summed E-state index contributed by atoms with van der Waals surface area (Å²) in [5, 5.41) is 0. The maximum Gasteiger partial charge on any atom is 0.534 e. The molecular weight excluding hydrogens is 299 g/mol. The maximum absolute atomic E-state index is 12.1. The summed E-state index contributed by atoms with van der Waals surface area (Å²) in [4.78, 5) is 3.57. The zero-order chi connectivity index (χ0) is 15.0. The van der Waals surface area contributed by atoms with Gasteiger partial charge in [0.25, 0.3) is 5.88 Å². The Morgan fingerprint density at radius 2 is 1.90 bits per heavy atom. The van der Waals surface area contributed by atoms with Crippen molar-refractivity contribution in [1.29, 1.82) is 0 Å². The molecule has 0 aliphatic carbocycles. The van der Waals surface area contributed by atoms with Crippen LogP contribution in [-0.4, -0.2) is 18.9 Å². The fourth-order valence-corrected chi connectivity index (χ4v) is 1.79. The number of nitrogens with zero attached hydrogens (tertiary/aromatic N) is 1. The number of halogens is 3. The number of hydrogen-bond acceptors (Lipinski definition) is 5. The van der Waals surface area contributed by atoms with Gasteiger partial charge in [-0.1, -0.05) is 18.2 Å². The quantitative estimate of drug-likeness (QED) is 0.644. The minimum atomic E-state index is -5.75. The van der Waals surface area contributed by atoms with Crippen molar-refractivity contribution in [3.05, 3.63) is 36.1 Å². The fraction of sp³-hybridized carbons (Fsp3) is 0.182. The third kappa shape index (κ3) is 2.77. The summed E-state index contributed by atoms with van der Waals surface area (Å²) in [6.07, 6.45) is 0.699. The Kier molecular flexibility index (Phi) is 3.46. The Bertz CT molecular complexity index is 721. The van der Waals surface area contributed by atoms with E-state index in [1.807, 2.05) is 0 Å². The molecule has 0 unspecified atom stereocenters. The summed E-state index contributed by atoms with van der Waals surface area (Å²) >= 11 is 0. The van der Waals surface area contributed by atoms with E-state index in [-0.39, 0.29) is 5.89 Å². The van der Waals surface area contributed by atoms with Gasteiger partial charge in [-0.15, -0.1) is 0 Å². The molecule has 0 N–H and O–H groups in total. The SMILES string of the molecule is Cc1ccccc1-c1nc(OS(=O)(=O)C(F)(F)F)co1. The highest BCUT2D eigenvalue weighted by Gasteiger charge is 2.49. The van der Waals surface area contributed by atoms with E-state index in [9.17, 15) is 21.6 Å². The van der Waals surface area contributed by atoms with Crippen LogP contribution < -0.4 is 4.18 Å². The van der Waals surface area contributed by atoms with Gasteiger partial charge < -0.3 is 8.60 Å². The normalized spacial score (nSPS) is 12.4. The van der Waals surface area contributed by atoms with E-state index in [1.165, 1.54) is 0 Å². The predicted molar refractivity (Wildman–Crippen MR) is 62.3 cm³/mol. The van der Waals surface area contributed by atoms with E-state index >= 15 is 0 Å². The van der Waals surface area contributed by atoms with Gasteiger partial charge in [0, 0.05) is 5.56 Å². The van der Waals surface area contributed by atoms with Crippen LogP contribution in [0.1, 0.15) is 5.56 Å². The van der Waals surface area contributed by atoms with Crippen LogP contribution in [0.3, 0.4) is 0 Å². The van der Waals surface area contributed by atoms with E-state index < -0.39 is 21.5 Å². The van der Waals surface area contributed by atoms with Crippen LogP contribution in [0.5, 0.6) is 5.88 Å². The van der Waals surface area contributed by atoms with Gasteiger partial charge in [0.05, 0.1) is 0 Å². The van der Waals surface area contributed by atoms with Crippen LogP contribution >= 0.6 is 0 Å². The summed E-state index contributed by atoms with van der Waals surface area (Å²) < 4.78 is 66.8. The van der Waals surface area contributed by atoms with Crippen molar-refractivity contribution in [2.24, 2.45) is 0 Å². The van der Waals surface area contributed by atoms with Crippen molar-refractivity contribution in [2.75, 3.05) is 0 Å². The molecule has 0 radical (unpaired) electrons. The van der Waals surface area contributed by atoms with Gasteiger partial charge in [0.2, 0.25) is 5.89 Å². The minimum absolute atomic E-state index is 0.0320. The number of rotatable bonds is 3. The van der Waals surface area contributed by atoms with Crippen LogP contribution in [0.4, 0.5) is 13.2 Å². The van der Waals surface area contributed by atoms with Gasteiger partial charge in [-0.05, 0) is 18.6 Å². The molecule has 5 nitrogen and oxygen atoms in total. The van der Waals surface area contributed by atoms with Crippen LogP contribution in [-0.2, 0) is 10.1 Å². The summed E-state index contributed by atoms with van der Waals surface area (Å²) in [5.41, 5.74) is -4.24. The molecule has 0 bridgehead atoms. The first-order chi connectivity index (χ1) is 9.21. The average molecular weight is 307 g/mol. The van der Waals surface area contributed by atoms with Crippen LogP contribution in [0.25, 0.3) is 11.5 Å². The van der Waals surface area contributed by atoms with Crippen molar-refractivity contribution in [3.8, 4) is 17.3 Å². The number of aryl methyl sites for hydroxylation is 1. The van der Waals surface area contributed by atoms with E-state index in [4.69, 9.17) is 4.42 Å². The molecule has 0 spiro atoms. The highest BCUT2D eigenvalue weighted by Crippen LogP contribution is 2.29. The number of alkyl halides is 3. The van der Waals surface area contributed by atoms with E-state index in [0.717, 1.165) is 5.56 Å². The Labute approximate surface area is 112 Å². The second-order valence-electron chi connectivity index (χ2n) is 3.79. The van der Waals surface area contributed by atoms with Gasteiger partial charge >= 0.3 is 15.6 Å². The lowest BCUT2D eigenvalue weighted by atomic mass is 10.1. The van der Waals surface area contributed by atoms with Crippen LogP contribution in [0.2, 0.25) is 0 Å². The van der Waals surface area contributed by atoms with Gasteiger partial charge in [0.1, 0.15) is 0 Å². The van der Waals surface area contributed by atoms with Crippen molar-refractivity contribution < 1.29 is 30.2 Å². The second-order valence-corrected chi connectivity index (χ2v) is 5.33. The van der Waals surface area contributed by atoms with Crippen LogP contribution in [0.15, 0.2) is 34.9 Å². The molecule has 108 valence electrons. The van der Waals surface area contributed by atoms with Crippen molar-refractivity contribution >= 4 is 10.1 Å². The molecule has 2 aromatic rings. The zero-order valence-corrected chi connectivity index (χ0v) is 10.8. The largest absolute Gasteiger partial charge is 0.534 e. The third-order valence-electron chi connectivity index (χ3n) is 2.34. The Morgan fingerprint density at radius 3 is 2.50 bits per heavy atom. The lowest BCUT2D eigenvalue weighted by Gasteiger charge is -2.05. The number of hydrogen-bond donors (Lipinski definition) is 0. The summed E-state index contributed by atoms with van der Waals surface area (Å²) in [7, 11) is -5.75. The smallest absolute Gasteiger partial charge is 0.440 e. The summed E-state index contributed by atoms with van der Waals surface area (Å²) in [6, 6.07) is 6.81. The molecule has 0 aliphatic rings. The molecule has 9 heteroatoms. The lowest BCUT2D eigenvalue weighted by Crippen LogP contribution is -2.28. The molecule has 1 aromatic carbocycles. The van der Waals surface area contributed by atoms with E-state index in [2.05, 4.69) is 9.17 Å². The predicted octanol–water partition coefficient (Wildman–Crippen LogP) is 2.88. The fourth-order valence-electron chi connectivity index (χ4n) is 1.39. The van der Waals surface area contributed by atoms with Crippen molar-refractivity contribution in [2.45, 2.75) is 12.4 Å². The molecule has 0 fully saturated rings. The first-order valence-corrected chi connectivity index (χ1v) is 6.64. The monoisotopic (exact) mass is 307 g/mol. The van der Waals surface area contributed by atoms with E-state index in [1.54, 1.807) is 31.2 Å². The van der Waals surface area contributed by atoms with Crippen molar-refractivity contribution in [1.82, 2.24) is 4.98 Å². The number of benzene rings is 1. The molecule has 1 aromatic heterocycles. The Morgan fingerprint density at radius 1 is 1.25 bits per heavy atom. The summed E-state index contributed by atoms with van der Waals surface area (Å²) in [5.74, 6) is -0.809. The van der Waals surface area contributed by atoms with Gasteiger partial charge in [-0.25, -0.2) is 0 Å². The second kappa shape index (κ2) is 4.82.